The smallest absolute Gasteiger partial charge is 0.127 e. The number of hydrogen-bond donors (Lipinski definition) is 1. The largest absolute Gasteiger partial charge is 0.364 e. The molecule has 1 aromatic heterocycles. The fourth-order valence-corrected chi connectivity index (χ4v) is 3.05. The lowest BCUT2D eigenvalue weighted by molar-refractivity contribution is 0.163. The Morgan fingerprint density at radius 3 is 3.00 bits per heavy atom. The van der Waals surface area contributed by atoms with E-state index in [4.69, 9.17) is 10.3 Å². The van der Waals surface area contributed by atoms with Crippen LogP contribution in [0.3, 0.4) is 0 Å². The lowest BCUT2D eigenvalue weighted by Crippen LogP contribution is -2.50. The molecule has 1 atom stereocenters. The molecule has 4 nitrogen and oxygen atoms in total. The molecule has 2 heterocycles. The van der Waals surface area contributed by atoms with E-state index in [9.17, 15) is 0 Å². The van der Waals surface area contributed by atoms with Gasteiger partial charge in [-0.2, -0.15) is 0 Å². The first-order valence-corrected chi connectivity index (χ1v) is 5.60. The van der Waals surface area contributed by atoms with Gasteiger partial charge in [-0.3, -0.25) is 0 Å². The van der Waals surface area contributed by atoms with E-state index in [1.165, 1.54) is 5.56 Å². The van der Waals surface area contributed by atoms with E-state index < -0.39 is 0 Å². The van der Waals surface area contributed by atoms with Gasteiger partial charge in [0.05, 0.1) is 5.69 Å². The SMILES string of the molecule is CN1CCC2(CC1)c1nocc1C[C@H]2N. The number of nitrogens with two attached hydrogens (primary N) is 1. The first kappa shape index (κ1) is 9.36. The van der Waals surface area contributed by atoms with Crippen molar-refractivity contribution in [2.45, 2.75) is 30.7 Å². The van der Waals surface area contributed by atoms with E-state index in [1.807, 2.05) is 0 Å². The summed E-state index contributed by atoms with van der Waals surface area (Å²) in [5, 5.41) is 4.18. The van der Waals surface area contributed by atoms with Crippen LogP contribution < -0.4 is 5.73 Å². The van der Waals surface area contributed by atoms with Crippen molar-refractivity contribution in [3.8, 4) is 0 Å². The second-order valence-corrected chi connectivity index (χ2v) is 4.96. The molecule has 0 amide bonds. The third kappa shape index (κ3) is 1.18. The maximum Gasteiger partial charge on any atom is 0.127 e. The minimum Gasteiger partial charge on any atom is -0.364 e. The summed E-state index contributed by atoms with van der Waals surface area (Å²) in [6.07, 6.45) is 4.93. The van der Waals surface area contributed by atoms with E-state index in [0.717, 1.165) is 38.0 Å². The summed E-state index contributed by atoms with van der Waals surface area (Å²) in [7, 11) is 2.16. The molecule has 3 rings (SSSR count). The van der Waals surface area contributed by atoms with Crippen LogP contribution in [0.2, 0.25) is 0 Å². The second-order valence-electron chi connectivity index (χ2n) is 4.96. The van der Waals surface area contributed by atoms with Gasteiger partial charge in [0.15, 0.2) is 0 Å². The number of aromatic nitrogens is 1. The Hall–Kier alpha value is -0.870. The fraction of sp³-hybridized carbons (Fsp3) is 0.727. The molecule has 82 valence electrons. The molecule has 1 saturated heterocycles. The zero-order chi connectivity index (χ0) is 10.5. The molecule has 2 aliphatic rings. The topological polar surface area (TPSA) is 55.3 Å². The third-order valence-corrected chi connectivity index (χ3v) is 4.14. The van der Waals surface area contributed by atoms with Crippen LogP contribution in [0, 0.1) is 0 Å². The number of fused-ring (bicyclic) bond motifs is 2. The average Bonchev–Trinajstić information content (AvgIpc) is 2.75. The minimum absolute atomic E-state index is 0.106. The van der Waals surface area contributed by atoms with Gasteiger partial charge in [-0.15, -0.1) is 0 Å². The number of hydrogen-bond acceptors (Lipinski definition) is 4. The monoisotopic (exact) mass is 207 g/mol. The van der Waals surface area contributed by atoms with Crippen molar-refractivity contribution in [3.05, 3.63) is 17.5 Å². The van der Waals surface area contributed by atoms with E-state index in [0.29, 0.717) is 0 Å². The van der Waals surface area contributed by atoms with Crippen molar-refractivity contribution >= 4 is 0 Å². The molecular weight excluding hydrogens is 190 g/mol. The molecular formula is C11H17N3O. The quantitative estimate of drug-likeness (QED) is 0.674. The summed E-state index contributed by atoms with van der Waals surface area (Å²) in [6.45, 7) is 2.22. The maximum atomic E-state index is 6.28. The van der Waals surface area contributed by atoms with Crippen molar-refractivity contribution in [1.29, 1.82) is 0 Å². The third-order valence-electron chi connectivity index (χ3n) is 4.14. The van der Waals surface area contributed by atoms with Crippen molar-refractivity contribution in [3.63, 3.8) is 0 Å². The predicted molar refractivity (Wildman–Crippen MR) is 56.6 cm³/mol. The van der Waals surface area contributed by atoms with Crippen molar-refractivity contribution < 1.29 is 4.52 Å². The molecule has 0 aromatic carbocycles. The molecule has 1 spiro atoms. The van der Waals surface area contributed by atoms with Gasteiger partial charge < -0.3 is 15.2 Å². The Balaban J connectivity index is 1.97. The first-order valence-electron chi connectivity index (χ1n) is 5.60. The van der Waals surface area contributed by atoms with Crippen LogP contribution in [0.25, 0.3) is 0 Å². The van der Waals surface area contributed by atoms with Crippen LogP contribution >= 0.6 is 0 Å². The minimum atomic E-state index is 0.106. The molecule has 0 bridgehead atoms. The Morgan fingerprint density at radius 1 is 1.53 bits per heavy atom. The molecule has 2 N–H and O–H groups in total. The predicted octanol–water partition coefficient (Wildman–Crippen LogP) is 0.521. The molecule has 4 heteroatoms. The molecule has 0 radical (unpaired) electrons. The van der Waals surface area contributed by atoms with Crippen molar-refractivity contribution in [2.75, 3.05) is 20.1 Å². The molecule has 1 aliphatic carbocycles. The first-order chi connectivity index (χ1) is 7.22. The van der Waals surface area contributed by atoms with E-state index in [1.54, 1.807) is 6.26 Å². The van der Waals surface area contributed by atoms with Crippen molar-refractivity contribution in [2.24, 2.45) is 5.73 Å². The van der Waals surface area contributed by atoms with Crippen LogP contribution in [0.4, 0.5) is 0 Å². The molecule has 0 saturated carbocycles. The summed E-state index contributed by atoms with van der Waals surface area (Å²) >= 11 is 0. The van der Waals surface area contributed by atoms with Gasteiger partial charge in [-0.25, -0.2) is 0 Å². The highest BCUT2D eigenvalue weighted by Gasteiger charge is 2.48. The fourth-order valence-electron chi connectivity index (χ4n) is 3.05. The highest BCUT2D eigenvalue weighted by molar-refractivity contribution is 5.35. The van der Waals surface area contributed by atoms with Gasteiger partial charge in [-0.1, -0.05) is 5.16 Å². The summed E-state index contributed by atoms with van der Waals surface area (Å²) < 4.78 is 5.07. The molecule has 0 unspecified atom stereocenters. The Labute approximate surface area is 89.4 Å². The lowest BCUT2D eigenvalue weighted by Gasteiger charge is -2.40. The van der Waals surface area contributed by atoms with Gasteiger partial charge in [0.25, 0.3) is 0 Å². The standard InChI is InChI=1S/C11H17N3O/c1-14-4-2-11(3-5-14)9(12)6-8-7-15-13-10(8)11/h7,9H,2-6,12H2,1H3/t9-/m1/s1. The van der Waals surface area contributed by atoms with Crippen LogP contribution in [0.1, 0.15) is 24.1 Å². The van der Waals surface area contributed by atoms with E-state index in [2.05, 4.69) is 17.1 Å². The number of nitrogens with zero attached hydrogens (tertiary/aromatic N) is 2. The Bertz CT molecular complexity index is 366. The molecule has 15 heavy (non-hydrogen) atoms. The van der Waals surface area contributed by atoms with Crippen molar-refractivity contribution in [1.82, 2.24) is 10.1 Å². The molecule has 1 aromatic rings. The number of rotatable bonds is 0. The summed E-state index contributed by atoms with van der Waals surface area (Å²) in [6, 6.07) is 0.236. The Kier molecular flexibility index (Phi) is 1.91. The van der Waals surface area contributed by atoms with Gasteiger partial charge >= 0.3 is 0 Å². The van der Waals surface area contributed by atoms with Crippen LogP contribution in [0.5, 0.6) is 0 Å². The summed E-state index contributed by atoms with van der Waals surface area (Å²) in [4.78, 5) is 2.36. The van der Waals surface area contributed by atoms with E-state index >= 15 is 0 Å². The van der Waals surface area contributed by atoms with Gasteiger partial charge in [-0.05, 0) is 39.4 Å². The highest BCUT2D eigenvalue weighted by atomic mass is 16.5. The normalized spacial score (nSPS) is 29.6. The zero-order valence-electron chi connectivity index (χ0n) is 9.07. The van der Waals surface area contributed by atoms with Gasteiger partial charge in [0.1, 0.15) is 6.26 Å². The highest BCUT2D eigenvalue weighted by Crippen LogP contribution is 2.44. The Morgan fingerprint density at radius 2 is 2.27 bits per heavy atom. The summed E-state index contributed by atoms with van der Waals surface area (Å²) in [5.41, 5.74) is 8.76. The second kappa shape index (κ2) is 3.06. The lowest BCUT2D eigenvalue weighted by atomic mass is 9.73. The molecule has 1 fully saturated rings. The maximum absolute atomic E-state index is 6.28. The molecule has 1 aliphatic heterocycles. The average molecular weight is 207 g/mol. The summed E-state index contributed by atoms with van der Waals surface area (Å²) in [5.74, 6) is 0. The van der Waals surface area contributed by atoms with E-state index in [-0.39, 0.29) is 11.5 Å². The van der Waals surface area contributed by atoms with Gasteiger partial charge in [0, 0.05) is 17.0 Å². The van der Waals surface area contributed by atoms with Gasteiger partial charge in [0.2, 0.25) is 0 Å². The van der Waals surface area contributed by atoms with Crippen LogP contribution in [-0.4, -0.2) is 36.2 Å². The number of likely N-dealkylation sites (tertiary alicyclic amines) is 1. The number of piperidine rings is 1. The zero-order valence-corrected chi connectivity index (χ0v) is 9.07. The van der Waals surface area contributed by atoms with Crippen LogP contribution in [-0.2, 0) is 11.8 Å². The van der Waals surface area contributed by atoms with Crippen LogP contribution in [0.15, 0.2) is 10.8 Å².